The molecule has 2 amide bonds. The molecule has 0 radical (unpaired) electrons. The van der Waals surface area contributed by atoms with E-state index >= 15 is 0 Å². The lowest BCUT2D eigenvalue weighted by atomic mass is 10.0. The molecule has 27 heavy (non-hydrogen) atoms. The first-order valence-corrected chi connectivity index (χ1v) is 8.72. The summed E-state index contributed by atoms with van der Waals surface area (Å²) in [6.45, 7) is 3.63. The maximum Gasteiger partial charge on any atom is 0.416 e. The first-order chi connectivity index (χ1) is 12.7. The number of allylic oxidation sites excluding steroid dienone is 1. The zero-order valence-electron chi connectivity index (χ0n) is 15.0. The molecule has 0 heterocycles. The van der Waals surface area contributed by atoms with E-state index in [0.29, 0.717) is 12.8 Å². The molecule has 1 rings (SSSR count). The van der Waals surface area contributed by atoms with Crippen molar-refractivity contribution >= 4 is 11.8 Å². The van der Waals surface area contributed by atoms with Crippen molar-refractivity contribution in [2.75, 3.05) is 0 Å². The van der Waals surface area contributed by atoms with E-state index in [1.165, 1.54) is 0 Å². The summed E-state index contributed by atoms with van der Waals surface area (Å²) in [5.41, 5.74) is 4.39. The van der Waals surface area contributed by atoms with Crippen molar-refractivity contribution in [1.82, 2.24) is 5.32 Å². The first kappa shape index (κ1) is 22.7. The quantitative estimate of drug-likeness (QED) is 0.403. The molecule has 2 atom stereocenters. The van der Waals surface area contributed by atoms with E-state index in [9.17, 15) is 27.9 Å². The SMILES string of the molecule is C=CCCCCCC[C@@H](NC(=O)[C@H](O)c1ccc(C(F)(F)F)cc1)C(N)=O. The average Bonchev–Trinajstić information content (AvgIpc) is 2.62. The zero-order valence-corrected chi connectivity index (χ0v) is 15.0. The van der Waals surface area contributed by atoms with Gasteiger partial charge in [0.1, 0.15) is 6.04 Å². The summed E-state index contributed by atoms with van der Waals surface area (Å²) in [7, 11) is 0. The van der Waals surface area contributed by atoms with Crippen molar-refractivity contribution in [3.8, 4) is 0 Å². The third-order valence-electron chi connectivity index (χ3n) is 4.11. The highest BCUT2D eigenvalue weighted by atomic mass is 19.4. The molecular weight excluding hydrogens is 361 g/mol. The minimum atomic E-state index is -4.51. The van der Waals surface area contributed by atoms with Gasteiger partial charge in [0.05, 0.1) is 5.56 Å². The van der Waals surface area contributed by atoms with E-state index < -0.39 is 35.7 Å². The van der Waals surface area contributed by atoms with E-state index in [4.69, 9.17) is 5.73 Å². The first-order valence-electron chi connectivity index (χ1n) is 8.72. The number of hydrogen-bond acceptors (Lipinski definition) is 3. The number of aliphatic hydroxyl groups excluding tert-OH is 1. The van der Waals surface area contributed by atoms with Gasteiger partial charge in [-0.15, -0.1) is 6.58 Å². The average molecular weight is 386 g/mol. The Morgan fingerprint density at radius 1 is 1.15 bits per heavy atom. The highest BCUT2D eigenvalue weighted by molar-refractivity contribution is 5.88. The topological polar surface area (TPSA) is 92.4 Å². The number of halogens is 3. The fourth-order valence-corrected chi connectivity index (χ4v) is 2.53. The Morgan fingerprint density at radius 3 is 2.26 bits per heavy atom. The van der Waals surface area contributed by atoms with Crippen LogP contribution in [-0.4, -0.2) is 23.0 Å². The normalized spacial score (nSPS) is 13.6. The second-order valence-electron chi connectivity index (χ2n) is 6.27. The summed E-state index contributed by atoms with van der Waals surface area (Å²) in [6, 6.07) is 2.65. The van der Waals surface area contributed by atoms with Crippen molar-refractivity contribution in [2.24, 2.45) is 5.73 Å². The van der Waals surface area contributed by atoms with Crippen LogP contribution in [0.1, 0.15) is 55.8 Å². The number of nitrogens with two attached hydrogens (primary N) is 1. The van der Waals surface area contributed by atoms with Crippen LogP contribution in [-0.2, 0) is 15.8 Å². The number of carbonyl (C=O) groups is 2. The smallest absolute Gasteiger partial charge is 0.378 e. The van der Waals surface area contributed by atoms with Crippen LogP contribution in [0.2, 0.25) is 0 Å². The molecule has 150 valence electrons. The molecule has 0 saturated carbocycles. The van der Waals surface area contributed by atoms with E-state index in [0.717, 1.165) is 49.9 Å². The van der Waals surface area contributed by atoms with Crippen LogP contribution in [0.3, 0.4) is 0 Å². The standard InChI is InChI=1S/C19H25F3N2O3/c1-2-3-4-5-6-7-8-15(17(23)26)24-18(27)16(25)13-9-11-14(12-10-13)19(20,21)22/h2,9-12,15-16,25H,1,3-8H2,(H2,23,26)(H,24,27)/t15-,16-/m1/s1. The highest BCUT2D eigenvalue weighted by Gasteiger charge is 2.31. The van der Waals surface area contributed by atoms with Gasteiger partial charge in [-0.2, -0.15) is 13.2 Å². The molecule has 1 aromatic rings. The van der Waals surface area contributed by atoms with Gasteiger partial charge in [0, 0.05) is 0 Å². The fourth-order valence-electron chi connectivity index (χ4n) is 2.53. The van der Waals surface area contributed by atoms with Gasteiger partial charge < -0.3 is 16.2 Å². The third kappa shape index (κ3) is 7.82. The van der Waals surface area contributed by atoms with Gasteiger partial charge in [-0.3, -0.25) is 9.59 Å². The van der Waals surface area contributed by atoms with E-state index in [2.05, 4.69) is 11.9 Å². The Kier molecular flexibility index (Phi) is 9.00. The molecule has 0 aliphatic heterocycles. The number of benzene rings is 1. The van der Waals surface area contributed by atoms with Crippen LogP contribution < -0.4 is 11.1 Å². The zero-order chi connectivity index (χ0) is 20.4. The predicted molar refractivity (Wildman–Crippen MR) is 95.4 cm³/mol. The van der Waals surface area contributed by atoms with Crippen LogP contribution in [0.4, 0.5) is 13.2 Å². The number of unbranched alkanes of at least 4 members (excludes halogenated alkanes) is 4. The second kappa shape index (κ2) is 10.7. The van der Waals surface area contributed by atoms with E-state index in [1.807, 2.05) is 6.08 Å². The largest absolute Gasteiger partial charge is 0.416 e. The number of alkyl halides is 3. The van der Waals surface area contributed by atoms with Gasteiger partial charge in [0.25, 0.3) is 5.91 Å². The summed E-state index contributed by atoms with van der Waals surface area (Å²) >= 11 is 0. The summed E-state index contributed by atoms with van der Waals surface area (Å²) < 4.78 is 37.7. The molecule has 0 aliphatic carbocycles. The molecule has 8 heteroatoms. The summed E-state index contributed by atoms with van der Waals surface area (Å²) in [6.07, 6.45) is 0.342. The second-order valence-corrected chi connectivity index (χ2v) is 6.27. The van der Waals surface area contributed by atoms with Crippen molar-refractivity contribution < 1.29 is 27.9 Å². The number of amides is 2. The monoisotopic (exact) mass is 386 g/mol. The molecule has 4 N–H and O–H groups in total. The molecule has 0 unspecified atom stereocenters. The van der Waals surface area contributed by atoms with Gasteiger partial charge in [-0.05, 0) is 37.0 Å². The molecular formula is C19H25F3N2O3. The molecule has 0 saturated heterocycles. The Balaban J connectivity index is 2.59. The lowest BCUT2D eigenvalue weighted by Crippen LogP contribution is -2.46. The third-order valence-corrected chi connectivity index (χ3v) is 4.11. The predicted octanol–water partition coefficient (Wildman–Crippen LogP) is 3.24. The maximum absolute atomic E-state index is 12.6. The Labute approximate surface area is 156 Å². The molecule has 0 aromatic heterocycles. The number of primary amides is 1. The number of rotatable bonds is 11. The minimum Gasteiger partial charge on any atom is -0.378 e. The molecule has 5 nitrogen and oxygen atoms in total. The summed E-state index contributed by atoms with van der Waals surface area (Å²) in [5.74, 6) is -1.61. The van der Waals surface area contributed by atoms with Crippen LogP contribution in [0.15, 0.2) is 36.9 Å². The van der Waals surface area contributed by atoms with Crippen LogP contribution in [0.5, 0.6) is 0 Å². The minimum absolute atomic E-state index is 0.00635. The van der Waals surface area contributed by atoms with Gasteiger partial charge >= 0.3 is 6.18 Å². The van der Waals surface area contributed by atoms with Crippen molar-refractivity contribution in [2.45, 2.75) is 56.8 Å². The Bertz CT molecular complexity index is 630. The van der Waals surface area contributed by atoms with Crippen LogP contribution in [0.25, 0.3) is 0 Å². The molecule has 0 fully saturated rings. The molecule has 0 bridgehead atoms. The number of hydrogen-bond donors (Lipinski definition) is 3. The van der Waals surface area contributed by atoms with E-state index in [-0.39, 0.29) is 5.56 Å². The molecule has 0 spiro atoms. The number of carbonyl (C=O) groups excluding carboxylic acids is 2. The van der Waals surface area contributed by atoms with Crippen molar-refractivity contribution in [3.63, 3.8) is 0 Å². The van der Waals surface area contributed by atoms with Gasteiger partial charge in [-0.1, -0.05) is 37.5 Å². The Morgan fingerprint density at radius 2 is 1.74 bits per heavy atom. The van der Waals surface area contributed by atoms with E-state index in [1.54, 1.807) is 0 Å². The highest BCUT2D eigenvalue weighted by Crippen LogP contribution is 2.30. The Hall–Kier alpha value is -2.35. The van der Waals surface area contributed by atoms with Crippen molar-refractivity contribution in [3.05, 3.63) is 48.0 Å². The van der Waals surface area contributed by atoms with Crippen LogP contribution in [0, 0.1) is 0 Å². The molecule has 1 aromatic carbocycles. The summed E-state index contributed by atoms with van der Waals surface area (Å²) in [5, 5.41) is 12.4. The van der Waals surface area contributed by atoms with Gasteiger partial charge in [0.2, 0.25) is 5.91 Å². The maximum atomic E-state index is 12.6. The fraction of sp³-hybridized carbons (Fsp3) is 0.474. The lowest BCUT2D eigenvalue weighted by Gasteiger charge is -2.18. The molecule has 0 aliphatic rings. The van der Waals surface area contributed by atoms with Gasteiger partial charge in [-0.25, -0.2) is 0 Å². The lowest BCUT2D eigenvalue weighted by molar-refractivity contribution is -0.137. The number of aliphatic hydroxyl groups is 1. The summed E-state index contributed by atoms with van der Waals surface area (Å²) in [4.78, 5) is 23.6. The van der Waals surface area contributed by atoms with Crippen LogP contribution >= 0.6 is 0 Å². The van der Waals surface area contributed by atoms with Crippen molar-refractivity contribution in [1.29, 1.82) is 0 Å². The number of nitrogens with one attached hydrogen (secondary N) is 1. The van der Waals surface area contributed by atoms with Gasteiger partial charge in [0.15, 0.2) is 6.10 Å².